The van der Waals surface area contributed by atoms with Crippen LogP contribution in [-0.2, 0) is 4.79 Å². The number of hydrogen-bond donors (Lipinski definition) is 4. The van der Waals surface area contributed by atoms with E-state index in [2.05, 4.69) is 10.5 Å². The van der Waals surface area contributed by atoms with E-state index in [0.717, 1.165) is 6.42 Å². The zero-order valence-corrected chi connectivity index (χ0v) is 6.85. The first-order chi connectivity index (χ1) is 5.07. The van der Waals surface area contributed by atoms with Crippen molar-refractivity contribution in [3.63, 3.8) is 0 Å². The van der Waals surface area contributed by atoms with Gasteiger partial charge in [-0.25, -0.2) is 5.43 Å². The molecule has 0 aromatic rings. The van der Waals surface area contributed by atoms with Gasteiger partial charge in [0, 0.05) is 5.92 Å². The Morgan fingerprint density at radius 3 is 2.55 bits per heavy atom. The Morgan fingerprint density at radius 2 is 2.18 bits per heavy atom. The Labute approximate surface area is 65.8 Å². The van der Waals surface area contributed by atoms with Crippen LogP contribution in [0.5, 0.6) is 0 Å². The second-order valence-electron chi connectivity index (χ2n) is 2.38. The van der Waals surface area contributed by atoms with Crippen LogP contribution in [0.25, 0.3) is 0 Å². The van der Waals surface area contributed by atoms with Gasteiger partial charge < -0.3 is 0 Å². The number of amides is 1. The first-order valence-corrected chi connectivity index (χ1v) is 3.51. The van der Waals surface area contributed by atoms with E-state index in [1.165, 1.54) is 0 Å². The van der Waals surface area contributed by atoms with E-state index in [1.807, 2.05) is 13.8 Å². The Hall–Kier alpha value is -1.26. The van der Waals surface area contributed by atoms with Crippen molar-refractivity contribution in [1.29, 1.82) is 0 Å². The summed E-state index contributed by atoms with van der Waals surface area (Å²) in [5.41, 5.74) is 12.5. The molecule has 11 heavy (non-hydrogen) atoms. The molecule has 0 spiro atoms. The summed E-state index contributed by atoms with van der Waals surface area (Å²) in [6.07, 6.45) is 0.790. The maximum atomic E-state index is 11.0. The van der Waals surface area contributed by atoms with E-state index in [9.17, 15) is 4.79 Å². The van der Waals surface area contributed by atoms with Crippen LogP contribution >= 0.6 is 0 Å². The fourth-order valence-electron chi connectivity index (χ4n) is 0.442. The minimum absolute atomic E-state index is 0.0124. The summed E-state index contributed by atoms with van der Waals surface area (Å²) in [7, 11) is 0. The van der Waals surface area contributed by atoms with Gasteiger partial charge in [-0.2, -0.15) is 5.10 Å². The molecule has 5 nitrogen and oxygen atoms in total. The minimum Gasteiger partial charge on any atom is -0.289 e. The number of carbonyl (C=O) groups is 1. The molecule has 0 saturated heterocycles. The number of guanidine groups is 1. The van der Waals surface area contributed by atoms with Gasteiger partial charge in [-0.15, -0.1) is 0 Å². The zero-order chi connectivity index (χ0) is 8.85. The topological polar surface area (TPSA) is 95.1 Å². The third kappa shape index (κ3) is 4.19. The van der Waals surface area contributed by atoms with Crippen molar-refractivity contribution >= 4 is 11.9 Å². The van der Waals surface area contributed by atoms with E-state index in [0.29, 0.717) is 0 Å². The number of carbonyl (C=O) groups excluding carboxylic acids is 1. The molecular weight excluding hydrogens is 144 g/mol. The number of nitrogens with one attached hydrogen (secondary N) is 2. The highest BCUT2D eigenvalue weighted by atomic mass is 16.2. The van der Waals surface area contributed by atoms with Crippen molar-refractivity contribution in [3.8, 4) is 0 Å². The third-order valence-corrected chi connectivity index (χ3v) is 1.39. The highest BCUT2D eigenvalue weighted by Crippen LogP contribution is 1.97. The van der Waals surface area contributed by atoms with Crippen LogP contribution in [-0.4, -0.2) is 11.9 Å². The standard InChI is InChI=1S/C6H14N4O/c1-3-4(2)5(11)9-10-6(7)8/h4H,3H2,1-2H3,(H,9,11)(H4,7,8,10)/p+1. The van der Waals surface area contributed by atoms with E-state index in [-0.39, 0.29) is 17.8 Å². The molecule has 1 unspecified atom stereocenters. The van der Waals surface area contributed by atoms with Crippen molar-refractivity contribution in [2.24, 2.45) is 17.4 Å². The van der Waals surface area contributed by atoms with Crippen molar-refractivity contribution < 1.29 is 9.90 Å². The second kappa shape index (κ2) is 4.54. The van der Waals surface area contributed by atoms with Crippen molar-refractivity contribution in [1.82, 2.24) is 5.43 Å². The molecule has 0 aromatic carbocycles. The molecule has 0 bridgehead atoms. The van der Waals surface area contributed by atoms with Crippen LogP contribution < -0.4 is 22.0 Å². The Balaban J connectivity index is 3.79. The molecule has 0 aliphatic heterocycles. The largest absolute Gasteiger partial charge is 0.360 e. The molecular formula is C6H15N4O+. The van der Waals surface area contributed by atoms with E-state index in [1.54, 1.807) is 0 Å². The third-order valence-electron chi connectivity index (χ3n) is 1.39. The molecule has 6 N–H and O–H groups in total. The number of hydrazine groups is 1. The number of hydrazone groups is 1. The molecule has 0 heterocycles. The Kier molecular flexibility index (Phi) is 4.02. The zero-order valence-electron chi connectivity index (χ0n) is 6.85. The summed E-state index contributed by atoms with van der Waals surface area (Å²) in [5, 5.41) is 2.33. The van der Waals surface area contributed by atoms with Gasteiger partial charge in [0.15, 0.2) is 0 Å². The van der Waals surface area contributed by atoms with E-state index in [4.69, 9.17) is 11.5 Å². The molecule has 0 aliphatic carbocycles. The van der Waals surface area contributed by atoms with Gasteiger partial charge in [-0.05, 0) is 6.42 Å². The first kappa shape index (κ1) is 9.74. The fourth-order valence-corrected chi connectivity index (χ4v) is 0.442. The maximum Gasteiger partial charge on any atom is 0.360 e. The van der Waals surface area contributed by atoms with Crippen LogP contribution in [0.1, 0.15) is 20.3 Å². The van der Waals surface area contributed by atoms with E-state index < -0.39 is 0 Å². The van der Waals surface area contributed by atoms with Crippen LogP contribution in [0.2, 0.25) is 0 Å². The summed E-state index contributed by atoms with van der Waals surface area (Å²) in [5.74, 6) is -0.149. The molecule has 1 atom stereocenters. The number of hydrogen-bond acceptors (Lipinski definition) is 1. The maximum absolute atomic E-state index is 11.0. The summed E-state index contributed by atoms with van der Waals surface area (Å²) in [4.78, 5) is 11.0. The lowest BCUT2D eigenvalue weighted by Crippen LogP contribution is -2.88. The van der Waals surface area contributed by atoms with Gasteiger partial charge in [0.25, 0.3) is 5.91 Å². The molecule has 5 heteroatoms. The van der Waals surface area contributed by atoms with Gasteiger partial charge >= 0.3 is 5.96 Å². The average molecular weight is 159 g/mol. The summed E-state index contributed by atoms with van der Waals surface area (Å²) >= 11 is 0. The van der Waals surface area contributed by atoms with Crippen molar-refractivity contribution in [2.75, 3.05) is 0 Å². The average Bonchev–Trinajstić information content (AvgIpc) is 1.98. The highest BCUT2D eigenvalue weighted by Gasteiger charge is 2.08. The fraction of sp³-hybridized carbons (Fsp3) is 0.667. The Bertz CT molecular complexity index is 162. The smallest absolute Gasteiger partial charge is 0.289 e. The lowest BCUT2D eigenvalue weighted by Gasteiger charge is -2.03. The predicted molar refractivity (Wildman–Crippen MR) is 41.9 cm³/mol. The highest BCUT2D eigenvalue weighted by molar-refractivity contribution is 5.77. The summed E-state index contributed by atoms with van der Waals surface area (Å²) in [6, 6.07) is 0. The molecule has 0 fully saturated rings. The minimum atomic E-state index is -0.110. The van der Waals surface area contributed by atoms with Crippen LogP contribution in [0.3, 0.4) is 0 Å². The Morgan fingerprint density at radius 1 is 1.64 bits per heavy atom. The molecule has 0 aromatic heterocycles. The second-order valence-corrected chi connectivity index (χ2v) is 2.38. The molecule has 0 radical (unpaired) electrons. The number of rotatable bonds is 3. The number of nitrogens with two attached hydrogens (primary N) is 2. The van der Waals surface area contributed by atoms with Crippen molar-refractivity contribution in [2.45, 2.75) is 20.3 Å². The first-order valence-electron chi connectivity index (χ1n) is 3.51. The van der Waals surface area contributed by atoms with Gasteiger partial charge in [0.05, 0.1) is 0 Å². The van der Waals surface area contributed by atoms with Crippen molar-refractivity contribution in [3.05, 3.63) is 0 Å². The van der Waals surface area contributed by atoms with Gasteiger partial charge in [0.2, 0.25) is 0 Å². The normalized spacial score (nSPS) is 11.8. The summed E-state index contributed by atoms with van der Waals surface area (Å²) in [6.45, 7) is 3.75. The van der Waals surface area contributed by atoms with Gasteiger partial charge in [0.1, 0.15) is 0 Å². The molecule has 1 amide bonds. The van der Waals surface area contributed by atoms with Crippen LogP contribution in [0.4, 0.5) is 0 Å². The van der Waals surface area contributed by atoms with Gasteiger partial charge in [-0.1, -0.05) is 13.8 Å². The molecule has 64 valence electrons. The lowest BCUT2D eigenvalue weighted by atomic mass is 10.1. The SMILES string of the molecule is CCC(C)C(=O)N[NH+]=C(N)N. The quantitative estimate of drug-likeness (QED) is 0.207. The molecule has 0 aliphatic rings. The molecule has 0 rings (SSSR count). The predicted octanol–water partition coefficient (Wildman–Crippen LogP) is -2.58. The van der Waals surface area contributed by atoms with Gasteiger partial charge in [-0.3, -0.25) is 16.3 Å². The van der Waals surface area contributed by atoms with E-state index >= 15 is 0 Å². The lowest BCUT2D eigenvalue weighted by molar-refractivity contribution is -0.513. The molecule has 0 saturated carbocycles. The summed E-state index contributed by atoms with van der Waals surface area (Å²) < 4.78 is 0. The van der Waals surface area contributed by atoms with Crippen LogP contribution in [0.15, 0.2) is 0 Å². The van der Waals surface area contributed by atoms with Crippen LogP contribution in [0, 0.1) is 5.92 Å². The monoisotopic (exact) mass is 159 g/mol.